The molecular formula is C28H36NS+. The molecule has 30 heavy (non-hydrogen) atoms. The van der Waals surface area contributed by atoms with E-state index in [1.54, 1.807) is 0 Å². The number of aromatic nitrogens is 1. The van der Waals surface area contributed by atoms with E-state index >= 15 is 0 Å². The molecule has 2 aromatic carbocycles. The van der Waals surface area contributed by atoms with Crippen LogP contribution in [0.15, 0.2) is 71.8 Å². The van der Waals surface area contributed by atoms with Gasteiger partial charge in [-0.05, 0) is 36.5 Å². The Morgan fingerprint density at radius 3 is 2.50 bits per heavy atom. The monoisotopic (exact) mass is 418 g/mol. The van der Waals surface area contributed by atoms with Crippen LogP contribution in [0.5, 0.6) is 0 Å². The molecule has 1 aliphatic carbocycles. The van der Waals surface area contributed by atoms with Crippen molar-refractivity contribution in [2.45, 2.75) is 75.6 Å². The third-order valence-corrected chi connectivity index (χ3v) is 7.53. The van der Waals surface area contributed by atoms with Crippen LogP contribution in [0.4, 0.5) is 0 Å². The van der Waals surface area contributed by atoms with E-state index in [9.17, 15) is 0 Å². The summed E-state index contributed by atoms with van der Waals surface area (Å²) in [5.41, 5.74) is 2.80. The Morgan fingerprint density at radius 2 is 1.63 bits per heavy atom. The van der Waals surface area contributed by atoms with Gasteiger partial charge >= 0.3 is 0 Å². The molecule has 1 fully saturated rings. The van der Waals surface area contributed by atoms with Crippen LogP contribution in [0, 0.1) is 5.92 Å². The second-order valence-electron chi connectivity index (χ2n) is 8.87. The van der Waals surface area contributed by atoms with Crippen molar-refractivity contribution in [1.82, 2.24) is 0 Å². The van der Waals surface area contributed by atoms with Crippen LogP contribution in [0.3, 0.4) is 0 Å². The van der Waals surface area contributed by atoms with E-state index in [1.165, 1.54) is 79.1 Å². The summed E-state index contributed by atoms with van der Waals surface area (Å²) in [6, 6.07) is 22.1. The normalized spacial score (nSPS) is 14.9. The Bertz CT molecular complexity index is 899. The van der Waals surface area contributed by atoms with E-state index < -0.39 is 0 Å². The molecule has 0 saturated heterocycles. The quantitative estimate of drug-likeness (QED) is 0.186. The molecule has 1 aliphatic rings. The highest BCUT2D eigenvalue weighted by Gasteiger charge is 2.14. The molecule has 0 bridgehead atoms. The van der Waals surface area contributed by atoms with Gasteiger partial charge in [0.1, 0.15) is 6.54 Å². The average molecular weight is 419 g/mol. The first-order valence-electron chi connectivity index (χ1n) is 12.0. The molecule has 0 N–H and O–H groups in total. The van der Waals surface area contributed by atoms with Gasteiger partial charge in [-0.15, -0.1) is 11.8 Å². The van der Waals surface area contributed by atoms with E-state index in [0.717, 1.165) is 24.6 Å². The summed E-state index contributed by atoms with van der Waals surface area (Å²) in [6.07, 6.45) is 16.4. The first-order valence-corrected chi connectivity index (χ1v) is 13.0. The van der Waals surface area contributed by atoms with Gasteiger partial charge in [-0.25, -0.2) is 0 Å². The first kappa shape index (κ1) is 21.4. The molecule has 1 aromatic heterocycles. The smallest absolute Gasteiger partial charge is 0.197 e. The van der Waals surface area contributed by atoms with Gasteiger partial charge in [-0.2, -0.15) is 4.57 Å². The number of pyridine rings is 1. The van der Waals surface area contributed by atoms with Crippen LogP contribution in [0.2, 0.25) is 0 Å². The number of aryl methyl sites for hydroxylation is 2. The highest BCUT2D eigenvalue weighted by atomic mass is 32.2. The summed E-state index contributed by atoms with van der Waals surface area (Å²) < 4.78 is 2.50. The molecule has 3 aromatic rings. The van der Waals surface area contributed by atoms with Crippen molar-refractivity contribution in [3.05, 3.63) is 72.4 Å². The van der Waals surface area contributed by atoms with Gasteiger partial charge < -0.3 is 0 Å². The second kappa shape index (κ2) is 11.6. The van der Waals surface area contributed by atoms with Crippen LogP contribution in [0.1, 0.15) is 63.4 Å². The van der Waals surface area contributed by atoms with Gasteiger partial charge in [0.15, 0.2) is 6.20 Å². The Morgan fingerprint density at radius 1 is 0.833 bits per heavy atom. The maximum atomic E-state index is 2.50. The molecule has 4 rings (SSSR count). The lowest BCUT2D eigenvalue weighted by Crippen LogP contribution is -2.34. The van der Waals surface area contributed by atoms with Crippen molar-refractivity contribution < 1.29 is 4.57 Å². The largest absolute Gasteiger partial charge is 0.212 e. The zero-order valence-corrected chi connectivity index (χ0v) is 19.1. The number of hydrogen-bond donors (Lipinski definition) is 0. The Balaban J connectivity index is 1.31. The Labute approximate surface area is 186 Å². The SMILES string of the molecule is c1ccc(CCSc2cc3ccccc3[n+](CCCCCC3CCCCC3)c2)cc1. The number of thioether (sulfide) groups is 1. The maximum absolute atomic E-state index is 2.50. The third kappa shape index (κ3) is 6.35. The molecule has 1 nitrogen and oxygen atoms in total. The number of unbranched alkanes of at least 4 members (excludes halogenated alkanes) is 2. The van der Waals surface area contributed by atoms with Crippen molar-refractivity contribution in [3.63, 3.8) is 0 Å². The van der Waals surface area contributed by atoms with Crippen LogP contribution in [-0.2, 0) is 13.0 Å². The maximum Gasteiger partial charge on any atom is 0.212 e. The third-order valence-electron chi connectivity index (χ3n) is 6.57. The predicted octanol–water partition coefficient (Wildman–Crippen LogP) is 7.60. The van der Waals surface area contributed by atoms with Gasteiger partial charge in [0, 0.05) is 23.6 Å². The van der Waals surface area contributed by atoms with E-state index in [1.807, 2.05) is 11.8 Å². The zero-order chi connectivity index (χ0) is 20.4. The van der Waals surface area contributed by atoms with Crippen LogP contribution in [-0.4, -0.2) is 5.75 Å². The van der Waals surface area contributed by atoms with Gasteiger partial charge in [-0.1, -0.05) is 87.4 Å². The van der Waals surface area contributed by atoms with Crippen LogP contribution in [0.25, 0.3) is 10.9 Å². The van der Waals surface area contributed by atoms with E-state index in [0.29, 0.717) is 0 Å². The van der Waals surface area contributed by atoms with Crippen molar-refractivity contribution in [3.8, 4) is 0 Å². The number of fused-ring (bicyclic) bond motifs is 1. The Kier molecular flexibility index (Phi) is 8.25. The van der Waals surface area contributed by atoms with Gasteiger partial charge in [0.05, 0.1) is 4.90 Å². The minimum Gasteiger partial charge on any atom is -0.197 e. The second-order valence-corrected chi connectivity index (χ2v) is 10.0. The fourth-order valence-electron chi connectivity index (χ4n) is 4.85. The minimum atomic E-state index is 1.02. The Hall–Kier alpha value is -1.80. The summed E-state index contributed by atoms with van der Waals surface area (Å²) in [5.74, 6) is 2.15. The van der Waals surface area contributed by atoms with Crippen molar-refractivity contribution in [1.29, 1.82) is 0 Å². The molecule has 1 heterocycles. The van der Waals surface area contributed by atoms with E-state index in [4.69, 9.17) is 0 Å². The zero-order valence-electron chi connectivity index (χ0n) is 18.3. The summed E-state index contributed by atoms with van der Waals surface area (Å²) in [4.78, 5) is 1.40. The lowest BCUT2D eigenvalue weighted by atomic mass is 9.85. The molecule has 0 atom stereocenters. The number of rotatable bonds is 10. The summed E-state index contributed by atoms with van der Waals surface area (Å²) >= 11 is 1.99. The van der Waals surface area contributed by atoms with Crippen molar-refractivity contribution in [2.24, 2.45) is 5.92 Å². The van der Waals surface area contributed by atoms with Gasteiger partial charge in [0.25, 0.3) is 0 Å². The lowest BCUT2D eigenvalue weighted by molar-refractivity contribution is -0.673. The fourth-order valence-corrected chi connectivity index (χ4v) is 5.83. The van der Waals surface area contributed by atoms with E-state index in [2.05, 4.69) is 71.4 Å². The fraction of sp³-hybridized carbons (Fsp3) is 0.464. The number of benzene rings is 2. The minimum absolute atomic E-state index is 1.02. The molecule has 1 saturated carbocycles. The van der Waals surface area contributed by atoms with Crippen LogP contribution >= 0.6 is 11.8 Å². The first-order chi connectivity index (χ1) is 14.9. The highest BCUT2D eigenvalue weighted by molar-refractivity contribution is 7.99. The lowest BCUT2D eigenvalue weighted by Gasteiger charge is -2.21. The average Bonchev–Trinajstić information content (AvgIpc) is 2.80. The summed E-state index contributed by atoms with van der Waals surface area (Å²) in [7, 11) is 0. The molecule has 2 heteroatoms. The topological polar surface area (TPSA) is 3.88 Å². The van der Waals surface area contributed by atoms with Crippen molar-refractivity contribution in [2.75, 3.05) is 5.75 Å². The molecule has 0 amide bonds. The van der Waals surface area contributed by atoms with Crippen LogP contribution < -0.4 is 4.57 Å². The molecule has 0 aliphatic heterocycles. The standard InChI is InChI=1S/C28H36NS/c1-4-12-24(13-5-1)14-8-3-11-20-29-23-27(22-26-17-9-10-18-28(26)29)30-21-19-25-15-6-2-7-16-25/h2,6-7,9-10,15-18,22-24H,1,3-5,8,11-14,19-21H2/q+1. The molecule has 0 unspecified atom stereocenters. The molecular weight excluding hydrogens is 382 g/mol. The summed E-state index contributed by atoms with van der Waals surface area (Å²) in [6.45, 7) is 1.14. The predicted molar refractivity (Wildman–Crippen MR) is 130 cm³/mol. The molecule has 0 radical (unpaired) electrons. The van der Waals surface area contributed by atoms with Gasteiger partial charge in [-0.3, -0.25) is 0 Å². The highest BCUT2D eigenvalue weighted by Crippen LogP contribution is 2.28. The molecule has 158 valence electrons. The molecule has 0 spiro atoms. The number of nitrogens with zero attached hydrogens (tertiary/aromatic N) is 1. The summed E-state index contributed by atoms with van der Waals surface area (Å²) in [5, 5.41) is 1.37. The van der Waals surface area contributed by atoms with Gasteiger partial charge in [0.2, 0.25) is 5.52 Å². The van der Waals surface area contributed by atoms with Crippen molar-refractivity contribution >= 4 is 22.7 Å². The number of para-hydroxylation sites is 1. The number of hydrogen-bond acceptors (Lipinski definition) is 1. The van der Waals surface area contributed by atoms with E-state index in [-0.39, 0.29) is 0 Å².